The third-order valence-electron chi connectivity index (χ3n) is 4.64. The summed E-state index contributed by atoms with van der Waals surface area (Å²) >= 11 is 5.94. The molecule has 0 aromatic heterocycles. The lowest BCUT2D eigenvalue weighted by Crippen LogP contribution is -2.55. The molecule has 2 unspecified atom stereocenters. The average Bonchev–Trinajstić information content (AvgIpc) is 2.50. The predicted octanol–water partition coefficient (Wildman–Crippen LogP) is 2.97. The first-order chi connectivity index (χ1) is 9.97. The lowest BCUT2D eigenvalue weighted by atomic mass is 9.51. The van der Waals surface area contributed by atoms with Crippen LogP contribution in [0, 0.1) is 11.8 Å². The summed E-state index contributed by atoms with van der Waals surface area (Å²) in [5, 5.41) is 0.619. The van der Waals surface area contributed by atoms with Crippen molar-refractivity contribution in [2.45, 2.75) is 25.2 Å². The van der Waals surface area contributed by atoms with Crippen molar-refractivity contribution in [1.29, 1.82) is 0 Å². The Bertz CT molecular complexity index is 524. The molecule has 0 N–H and O–H groups in total. The van der Waals surface area contributed by atoms with E-state index < -0.39 is 23.3 Å². The lowest BCUT2D eigenvalue weighted by Gasteiger charge is -2.51. The Kier molecular flexibility index (Phi) is 4.57. The number of methoxy groups -OCH3 is 2. The molecular formula is C16H19ClO4. The average molecular weight is 311 g/mol. The summed E-state index contributed by atoms with van der Waals surface area (Å²) in [7, 11) is 2.58. The van der Waals surface area contributed by atoms with Crippen molar-refractivity contribution in [2.75, 3.05) is 14.2 Å². The number of halogens is 1. The van der Waals surface area contributed by atoms with Gasteiger partial charge in [0.25, 0.3) is 0 Å². The molecule has 1 saturated carbocycles. The van der Waals surface area contributed by atoms with Crippen LogP contribution >= 0.6 is 11.6 Å². The maximum Gasteiger partial charge on any atom is 0.320 e. The number of ether oxygens (including phenoxy) is 2. The van der Waals surface area contributed by atoms with Crippen LogP contribution in [0.1, 0.15) is 25.3 Å². The topological polar surface area (TPSA) is 52.6 Å². The molecule has 2 atom stereocenters. The van der Waals surface area contributed by atoms with Gasteiger partial charge in [-0.05, 0) is 36.5 Å². The summed E-state index contributed by atoms with van der Waals surface area (Å²) in [6.07, 6.45) is 1.69. The summed E-state index contributed by atoms with van der Waals surface area (Å²) in [6.45, 7) is 2.04. The van der Waals surface area contributed by atoms with Crippen molar-refractivity contribution in [3.05, 3.63) is 34.9 Å². The highest BCUT2D eigenvalue weighted by atomic mass is 35.5. The smallest absolute Gasteiger partial charge is 0.320 e. The molecule has 21 heavy (non-hydrogen) atoms. The maximum atomic E-state index is 12.2. The van der Waals surface area contributed by atoms with Gasteiger partial charge in [-0.3, -0.25) is 9.59 Å². The van der Waals surface area contributed by atoms with Crippen molar-refractivity contribution in [2.24, 2.45) is 11.8 Å². The van der Waals surface area contributed by atoms with Crippen molar-refractivity contribution < 1.29 is 19.1 Å². The standard InChI is InChI=1S/C16H19ClO4/c1-10-8-9-16(10,11-4-6-12(17)7-5-11)13(14(18)20-2)15(19)21-3/h4-7,10,13H,8-9H2,1-3H3. The van der Waals surface area contributed by atoms with E-state index in [1.807, 2.05) is 19.1 Å². The predicted molar refractivity (Wildman–Crippen MR) is 79.1 cm³/mol. The molecule has 2 rings (SSSR count). The summed E-state index contributed by atoms with van der Waals surface area (Å²) in [4.78, 5) is 24.4. The summed E-state index contributed by atoms with van der Waals surface area (Å²) in [5.41, 5.74) is 0.344. The van der Waals surface area contributed by atoms with E-state index in [1.54, 1.807) is 12.1 Å². The van der Waals surface area contributed by atoms with Gasteiger partial charge in [-0.25, -0.2) is 0 Å². The summed E-state index contributed by atoms with van der Waals surface area (Å²) < 4.78 is 9.69. The number of hydrogen-bond donors (Lipinski definition) is 0. The van der Waals surface area contributed by atoms with Crippen LogP contribution in [0.5, 0.6) is 0 Å². The van der Waals surface area contributed by atoms with Gasteiger partial charge in [0.2, 0.25) is 0 Å². The molecule has 1 aliphatic rings. The molecule has 0 amide bonds. The fraction of sp³-hybridized carbons (Fsp3) is 0.500. The molecule has 1 aromatic carbocycles. The fourth-order valence-electron chi connectivity index (χ4n) is 3.28. The molecule has 5 heteroatoms. The zero-order valence-electron chi connectivity index (χ0n) is 12.4. The third-order valence-corrected chi connectivity index (χ3v) is 4.89. The number of benzene rings is 1. The Hall–Kier alpha value is -1.55. The Morgan fingerprint density at radius 3 is 2.05 bits per heavy atom. The number of carbonyl (C=O) groups excluding carboxylic acids is 2. The monoisotopic (exact) mass is 310 g/mol. The van der Waals surface area contributed by atoms with Crippen LogP contribution in [-0.2, 0) is 24.5 Å². The van der Waals surface area contributed by atoms with Crippen LogP contribution in [0.3, 0.4) is 0 Å². The zero-order valence-corrected chi connectivity index (χ0v) is 13.1. The Morgan fingerprint density at radius 1 is 1.19 bits per heavy atom. The minimum Gasteiger partial charge on any atom is -0.468 e. The molecular weight excluding hydrogens is 292 g/mol. The number of rotatable bonds is 4. The second kappa shape index (κ2) is 6.06. The lowest BCUT2D eigenvalue weighted by molar-refractivity contribution is -0.167. The Labute approximate surface area is 129 Å². The quantitative estimate of drug-likeness (QED) is 0.634. The largest absolute Gasteiger partial charge is 0.468 e. The molecule has 0 heterocycles. The molecule has 1 aromatic rings. The van der Waals surface area contributed by atoms with Gasteiger partial charge < -0.3 is 9.47 Å². The summed E-state index contributed by atoms with van der Waals surface area (Å²) in [6, 6.07) is 7.29. The van der Waals surface area contributed by atoms with Gasteiger partial charge in [-0.2, -0.15) is 0 Å². The van der Waals surface area contributed by atoms with Gasteiger partial charge in [-0.15, -0.1) is 0 Å². The molecule has 1 fully saturated rings. The number of hydrogen-bond acceptors (Lipinski definition) is 4. The van der Waals surface area contributed by atoms with Crippen LogP contribution < -0.4 is 0 Å². The van der Waals surface area contributed by atoms with E-state index in [1.165, 1.54) is 14.2 Å². The van der Waals surface area contributed by atoms with Crippen molar-refractivity contribution in [3.8, 4) is 0 Å². The van der Waals surface area contributed by atoms with Gasteiger partial charge in [0, 0.05) is 10.4 Å². The highest BCUT2D eigenvalue weighted by Gasteiger charge is 2.57. The maximum absolute atomic E-state index is 12.2. The molecule has 114 valence electrons. The third kappa shape index (κ3) is 2.53. The molecule has 0 saturated heterocycles. The van der Waals surface area contributed by atoms with E-state index in [2.05, 4.69) is 0 Å². The van der Waals surface area contributed by atoms with Crippen molar-refractivity contribution in [3.63, 3.8) is 0 Å². The van der Waals surface area contributed by atoms with Crippen LogP contribution in [-0.4, -0.2) is 26.2 Å². The first-order valence-corrected chi connectivity index (χ1v) is 7.27. The van der Waals surface area contributed by atoms with Gasteiger partial charge >= 0.3 is 11.9 Å². The fourth-order valence-corrected chi connectivity index (χ4v) is 3.41. The second-order valence-electron chi connectivity index (χ2n) is 5.47. The van der Waals surface area contributed by atoms with Crippen molar-refractivity contribution >= 4 is 23.5 Å². The van der Waals surface area contributed by atoms with Crippen molar-refractivity contribution in [1.82, 2.24) is 0 Å². The van der Waals surface area contributed by atoms with E-state index in [9.17, 15) is 9.59 Å². The second-order valence-corrected chi connectivity index (χ2v) is 5.90. The SMILES string of the molecule is COC(=O)C(C(=O)OC)C1(c2ccc(Cl)cc2)CCC1C. The first-order valence-electron chi connectivity index (χ1n) is 6.89. The Balaban J connectivity index is 2.52. The minimum atomic E-state index is -0.947. The zero-order chi connectivity index (χ0) is 15.6. The van der Waals surface area contributed by atoms with E-state index in [-0.39, 0.29) is 5.92 Å². The number of esters is 2. The first kappa shape index (κ1) is 15.8. The van der Waals surface area contributed by atoms with E-state index in [0.29, 0.717) is 5.02 Å². The molecule has 0 radical (unpaired) electrons. The van der Waals surface area contributed by atoms with Crippen LogP contribution in [0.15, 0.2) is 24.3 Å². The van der Waals surface area contributed by atoms with Crippen LogP contribution in [0.4, 0.5) is 0 Å². The molecule has 0 spiro atoms. The highest BCUT2D eigenvalue weighted by molar-refractivity contribution is 6.30. The van der Waals surface area contributed by atoms with E-state index in [4.69, 9.17) is 21.1 Å². The van der Waals surface area contributed by atoms with E-state index >= 15 is 0 Å². The van der Waals surface area contributed by atoms with Crippen LogP contribution in [0.25, 0.3) is 0 Å². The van der Waals surface area contributed by atoms with Gasteiger partial charge in [0.1, 0.15) is 0 Å². The Morgan fingerprint density at radius 2 is 1.71 bits per heavy atom. The highest BCUT2D eigenvalue weighted by Crippen LogP contribution is 2.54. The summed E-state index contributed by atoms with van der Waals surface area (Å²) in [5.74, 6) is -1.87. The molecule has 0 bridgehead atoms. The molecule has 0 aliphatic heterocycles. The van der Waals surface area contributed by atoms with Gasteiger partial charge in [0.05, 0.1) is 14.2 Å². The van der Waals surface area contributed by atoms with Gasteiger partial charge in [0.15, 0.2) is 5.92 Å². The number of carbonyl (C=O) groups is 2. The minimum absolute atomic E-state index is 0.182. The van der Waals surface area contributed by atoms with Crippen LogP contribution in [0.2, 0.25) is 5.02 Å². The van der Waals surface area contributed by atoms with E-state index in [0.717, 1.165) is 18.4 Å². The van der Waals surface area contributed by atoms with Gasteiger partial charge in [-0.1, -0.05) is 30.7 Å². The molecule has 4 nitrogen and oxygen atoms in total. The normalized spacial score (nSPS) is 24.3. The molecule has 1 aliphatic carbocycles.